The van der Waals surface area contributed by atoms with Crippen LogP contribution in [-0.2, 0) is 16.1 Å². The number of primary amides is 1. The van der Waals surface area contributed by atoms with E-state index < -0.39 is 17.4 Å². The van der Waals surface area contributed by atoms with E-state index in [-0.39, 0.29) is 13.2 Å². The van der Waals surface area contributed by atoms with Gasteiger partial charge in [0.1, 0.15) is 23.7 Å². The Kier molecular flexibility index (Phi) is 4.56. The summed E-state index contributed by atoms with van der Waals surface area (Å²) in [6.45, 7) is 4.14. The van der Waals surface area contributed by atoms with Gasteiger partial charge in [-0.3, -0.25) is 9.59 Å². The molecule has 146 valence electrons. The van der Waals surface area contributed by atoms with Gasteiger partial charge >= 0.3 is 0 Å². The molecule has 0 atom stereocenters. The highest BCUT2D eigenvalue weighted by molar-refractivity contribution is 7.09. The van der Waals surface area contributed by atoms with Crippen LogP contribution in [0.25, 0.3) is 11.0 Å². The molecule has 1 aromatic carbocycles. The average Bonchev–Trinajstić information content (AvgIpc) is 3.17. The molecule has 4 rings (SSSR count). The molecule has 0 bridgehead atoms. The largest absolute Gasteiger partial charge is 0.488 e. The minimum Gasteiger partial charge on any atom is -0.488 e. The van der Waals surface area contributed by atoms with Crippen molar-refractivity contribution in [3.63, 3.8) is 0 Å². The molecule has 1 aliphatic heterocycles. The highest BCUT2D eigenvalue weighted by Crippen LogP contribution is 2.30. The van der Waals surface area contributed by atoms with E-state index in [2.05, 4.69) is 10.3 Å². The third-order valence-corrected chi connectivity index (χ3v) is 5.71. The fourth-order valence-electron chi connectivity index (χ4n) is 3.05. The molecular weight excluding hydrogens is 382 g/mol. The lowest BCUT2D eigenvalue weighted by Crippen LogP contribution is -2.69. The summed E-state index contributed by atoms with van der Waals surface area (Å²) >= 11 is 1.53. The zero-order valence-electron chi connectivity index (χ0n) is 15.4. The molecule has 3 aromatic rings. The topological polar surface area (TPSA) is 117 Å². The third-order valence-electron chi connectivity index (χ3n) is 4.80. The number of rotatable bonds is 6. The number of carbonyl (C=O) groups excluding carboxylic acids is 2. The smallest absolute Gasteiger partial charge is 0.256 e. The molecule has 3 heterocycles. The Balaban J connectivity index is 1.61. The standard InChI is InChI=1S/C19H19N3O5S/c1-10-15(28-9-21-10)6-26-12-3-4-14-13(5-12)16(11(2)27-14)17(23)22-19(18(20)24)7-25-8-19/h3-5,9H,6-8H2,1-2H3,(H2,20,24)(H,22,23). The van der Waals surface area contributed by atoms with Crippen LogP contribution >= 0.6 is 11.3 Å². The summed E-state index contributed by atoms with van der Waals surface area (Å²) in [5.41, 5.74) is 7.87. The van der Waals surface area contributed by atoms with E-state index in [1.165, 1.54) is 11.3 Å². The summed E-state index contributed by atoms with van der Waals surface area (Å²) in [7, 11) is 0. The first-order chi connectivity index (χ1) is 13.4. The Hall–Kier alpha value is -2.91. The number of thiazole rings is 1. The van der Waals surface area contributed by atoms with Gasteiger partial charge in [-0.1, -0.05) is 0 Å². The van der Waals surface area contributed by atoms with Crippen LogP contribution in [0.15, 0.2) is 28.1 Å². The predicted octanol–water partition coefficient (Wildman–Crippen LogP) is 2.07. The molecule has 2 aromatic heterocycles. The second kappa shape index (κ2) is 6.92. The van der Waals surface area contributed by atoms with Crippen molar-refractivity contribution in [1.29, 1.82) is 0 Å². The van der Waals surface area contributed by atoms with E-state index in [0.717, 1.165) is 10.6 Å². The van der Waals surface area contributed by atoms with Crippen molar-refractivity contribution in [2.45, 2.75) is 26.0 Å². The van der Waals surface area contributed by atoms with Gasteiger partial charge in [-0.2, -0.15) is 0 Å². The van der Waals surface area contributed by atoms with Gasteiger partial charge in [-0.05, 0) is 32.0 Å². The molecule has 2 amide bonds. The van der Waals surface area contributed by atoms with Crippen molar-refractivity contribution in [1.82, 2.24) is 10.3 Å². The second-order valence-electron chi connectivity index (χ2n) is 6.73. The third kappa shape index (κ3) is 3.12. The molecule has 1 fully saturated rings. The Labute approximate surface area is 164 Å². The summed E-state index contributed by atoms with van der Waals surface area (Å²) in [4.78, 5) is 29.8. The van der Waals surface area contributed by atoms with Crippen LogP contribution in [-0.4, -0.2) is 35.6 Å². The molecule has 3 N–H and O–H groups in total. The minimum absolute atomic E-state index is 0.0610. The normalized spacial score (nSPS) is 15.2. The maximum absolute atomic E-state index is 12.9. The number of nitrogens with zero attached hydrogens (tertiary/aromatic N) is 1. The monoisotopic (exact) mass is 401 g/mol. The van der Waals surface area contributed by atoms with Gasteiger partial charge in [0.25, 0.3) is 5.91 Å². The Bertz CT molecular complexity index is 1070. The van der Waals surface area contributed by atoms with Crippen molar-refractivity contribution < 1.29 is 23.5 Å². The quantitative estimate of drug-likeness (QED) is 0.653. The van der Waals surface area contributed by atoms with Gasteiger partial charge in [0, 0.05) is 5.39 Å². The number of ether oxygens (including phenoxy) is 2. The van der Waals surface area contributed by atoms with Crippen molar-refractivity contribution >= 4 is 34.1 Å². The molecule has 0 unspecified atom stereocenters. The van der Waals surface area contributed by atoms with E-state index in [0.29, 0.717) is 34.6 Å². The van der Waals surface area contributed by atoms with Crippen molar-refractivity contribution in [3.8, 4) is 5.75 Å². The molecule has 0 saturated carbocycles. The van der Waals surface area contributed by atoms with Crippen LogP contribution < -0.4 is 15.8 Å². The number of carbonyl (C=O) groups is 2. The fourth-order valence-corrected chi connectivity index (χ4v) is 3.74. The van der Waals surface area contributed by atoms with Crippen molar-refractivity contribution in [2.24, 2.45) is 5.73 Å². The Morgan fingerprint density at radius 2 is 2.14 bits per heavy atom. The van der Waals surface area contributed by atoms with Crippen LogP contribution in [0.5, 0.6) is 5.75 Å². The van der Waals surface area contributed by atoms with Gasteiger partial charge in [-0.15, -0.1) is 11.3 Å². The van der Waals surface area contributed by atoms with Gasteiger partial charge in [-0.25, -0.2) is 4.98 Å². The fraction of sp³-hybridized carbons (Fsp3) is 0.316. The van der Waals surface area contributed by atoms with Gasteiger partial charge < -0.3 is 24.9 Å². The zero-order chi connectivity index (χ0) is 19.9. The number of furan rings is 1. The zero-order valence-corrected chi connectivity index (χ0v) is 16.2. The molecule has 9 heteroatoms. The lowest BCUT2D eigenvalue weighted by molar-refractivity contribution is -0.143. The molecule has 8 nitrogen and oxygen atoms in total. The van der Waals surface area contributed by atoms with Gasteiger partial charge in [0.05, 0.1) is 34.9 Å². The van der Waals surface area contributed by atoms with Gasteiger partial charge in [0.15, 0.2) is 5.54 Å². The number of aryl methyl sites for hydroxylation is 2. The summed E-state index contributed by atoms with van der Waals surface area (Å²) in [6.07, 6.45) is 0. The van der Waals surface area contributed by atoms with Crippen LogP contribution in [0.3, 0.4) is 0 Å². The number of hydrogen-bond donors (Lipinski definition) is 2. The highest BCUT2D eigenvalue weighted by atomic mass is 32.1. The first kappa shape index (κ1) is 18.5. The van der Waals surface area contributed by atoms with E-state index >= 15 is 0 Å². The summed E-state index contributed by atoms with van der Waals surface area (Å²) in [5, 5.41) is 3.31. The van der Waals surface area contributed by atoms with E-state index in [1.54, 1.807) is 30.6 Å². The molecule has 0 aliphatic carbocycles. The second-order valence-corrected chi connectivity index (χ2v) is 7.67. The number of nitrogens with one attached hydrogen (secondary N) is 1. The average molecular weight is 401 g/mol. The number of fused-ring (bicyclic) bond motifs is 1. The van der Waals surface area contributed by atoms with Crippen molar-refractivity contribution in [3.05, 3.63) is 45.6 Å². The maximum atomic E-state index is 12.9. The van der Waals surface area contributed by atoms with E-state index in [9.17, 15) is 9.59 Å². The molecule has 1 saturated heterocycles. The van der Waals surface area contributed by atoms with Crippen LogP contribution in [0, 0.1) is 13.8 Å². The Morgan fingerprint density at radius 1 is 1.36 bits per heavy atom. The maximum Gasteiger partial charge on any atom is 0.256 e. The van der Waals surface area contributed by atoms with E-state index in [4.69, 9.17) is 19.6 Å². The molecule has 0 radical (unpaired) electrons. The SMILES string of the molecule is Cc1ncsc1COc1ccc2oc(C)c(C(=O)NC3(C(N)=O)COC3)c2c1. The van der Waals surface area contributed by atoms with Crippen LogP contribution in [0.4, 0.5) is 0 Å². The predicted molar refractivity (Wildman–Crippen MR) is 102 cm³/mol. The summed E-state index contributed by atoms with van der Waals surface area (Å²) < 4.78 is 16.6. The lowest BCUT2D eigenvalue weighted by Gasteiger charge is -2.38. The molecule has 0 spiro atoms. The molecule has 28 heavy (non-hydrogen) atoms. The summed E-state index contributed by atoms with van der Waals surface area (Å²) in [6, 6.07) is 5.30. The number of aromatic nitrogens is 1. The highest BCUT2D eigenvalue weighted by Gasteiger charge is 2.46. The van der Waals surface area contributed by atoms with Crippen molar-refractivity contribution in [2.75, 3.05) is 13.2 Å². The lowest BCUT2D eigenvalue weighted by atomic mass is 9.95. The number of benzene rings is 1. The molecular formula is C19H19N3O5S. The van der Waals surface area contributed by atoms with Crippen LogP contribution in [0.2, 0.25) is 0 Å². The number of nitrogens with two attached hydrogens (primary N) is 1. The van der Waals surface area contributed by atoms with Gasteiger partial charge in [0.2, 0.25) is 5.91 Å². The first-order valence-corrected chi connectivity index (χ1v) is 9.53. The minimum atomic E-state index is -1.18. The van der Waals surface area contributed by atoms with E-state index in [1.807, 2.05) is 6.92 Å². The van der Waals surface area contributed by atoms with Crippen LogP contribution in [0.1, 0.15) is 26.7 Å². The molecule has 1 aliphatic rings. The first-order valence-electron chi connectivity index (χ1n) is 8.65. The number of hydrogen-bond acceptors (Lipinski definition) is 7. The summed E-state index contributed by atoms with van der Waals surface area (Å²) in [5.74, 6) is -0.00939. The number of amides is 2. The Morgan fingerprint density at radius 3 is 2.75 bits per heavy atom.